The molecular formula is C58H84InN15O13. The van der Waals surface area contributed by atoms with Gasteiger partial charge in [-0.25, -0.2) is 4.79 Å². The number of carboxylic acids is 3. The second kappa shape index (κ2) is 41.5. The smallest absolute Gasteiger partial charge is 0.549 e. The maximum atomic E-state index is 14.4. The third-order valence-electron chi connectivity index (χ3n) is 13.8. The van der Waals surface area contributed by atoms with E-state index in [1.807, 2.05) is 54.6 Å². The van der Waals surface area contributed by atoms with Gasteiger partial charge in [-0.05, 0) is 79.5 Å². The Morgan fingerprint density at radius 3 is 1.66 bits per heavy atom. The van der Waals surface area contributed by atoms with E-state index >= 15 is 0 Å². The van der Waals surface area contributed by atoms with Gasteiger partial charge >= 0.3 is 31.9 Å². The van der Waals surface area contributed by atoms with Gasteiger partial charge in [-0.2, -0.15) is 0 Å². The second-order valence-corrected chi connectivity index (χ2v) is 20.6. The molecule has 3 aromatic carbocycles. The van der Waals surface area contributed by atoms with Crippen LogP contribution in [0.2, 0.25) is 0 Å². The molecule has 1 fully saturated rings. The average molecular weight is 1310 g/mol. The summed E-state index contributed by atoms with van der Waals surface area (Å²) < 4.78 is 0. The summed E-state index contributed by atoms with van der Waals surface area (Å²) in [7, 11) is 0. The van der Waals surface area contributed by atoms with Crippen LogP contribution in [-0.2, 0) is 44.9 Å². The molecule has 0 aromatic heterocycles. The number of carbonyl (C=O) groups excluding carboxylic acids is 9. The molecule has 1 heterocycles. The van der Waals surface area contributed by atoms with Crippen LogP contribution in [0.5, 0.6) is 5.75 Å². The Morgan fingerprint density at radius 1 is 0.563 bits per heavy atom. The predicted molar refractivity (Wildman–Crippen MR) is 320 cm³/mol. The summed E-state index contributed by atoms with van der Waals surface area (Å²) in [6.07, 6.45) is 2.79. The minimum absolute atomic E-state index is 0. The van der Waals surface area contributed by atoms with Crippen LogP contribution >= 0.6 is 0 Å². The molecule has 28 nitrogen and oxygen atoms in total. The number of unbranched alkanes of at least 4 members (excludes halogenated alkanes) is 1. The third-order valence-corrected chi connectivity index (χ3v) is 13.8. The maximum Gasteiger partial charge on any atom is 3.00 e. The summed E-state index contributed by atoms with van der Waals surface area (Å²) in [5.41, 5.74) is 15.0. The first-order valence-electron chi connectivity index (χ1n) is 28.9. The van der Waals surface area contributed by atoms with Gasteiger partial charge < -0.3 is 83.5 Å². The van der Waals surface area contributed by atoms with Crippen molar-refractivity contribution in [2.45, 2.75) is 76.4 Å². The van der Waals surface area contributed by atoms with Crippen LogP contribution < -0.4 is 69.3 Å². The predicted octanol–water partition coefficient (Wildman–Crippen LogP) is -5.13. The van der Waals surface area contributed by atoms with Gasteiger partial charge in [-0.15, -0.1) is 0 Å². The first-order valence-corrected chi connectivity index (χ1v) is 28.9. The number of rotatable bonds is 34. The number of guanidine groups is 1. The molecule has 1 aliphatic heterocycles. The Balaban J connectivity index is 0.0000198. The molecular weight excluding hydrogens is 1230 g/mol. The van der Waals surface area contributed by atoms with E-state index < -0.39 is 73.4 Å². The number of aromatic hydroxyl groups is 1. The number of phenols is 1. The number of amides is 7. The SMILES string of the molecule is CCC(=O)NCCNC(=O)NC(N)=NCCC[C@@H](NC(=O)C(c1ccccc1)c1ccc(NCCCNC(=O)[C@H](N)CCCCNC(=O)CN2CCN(CC(=O)[O-])CCN(CC(=O)[O-])CCN(CC(=O)[O-])CC2)cc1)C(=O)NCc1ccc(O)cc1.[In+3]. The molecule has 0 spiro atoms. The minimum Gasteiger partial charge on any atom is -0.549 e. The number of nitrogens with zero attached hydrogens (tertiary/aromatic N) is 5. The minimum atomic E-state index is -1.32. The van der Waals surface area contributed by atoms with Crippen molar-refractivity contribution in [1.29, 1.82) is 0 Å². The molecule has 0 radical (unpaired) electrons. The molecule has 3 aromatic rings. The van der Waals surface area contributed by atoms with Crippen LogP contribution in [0.15, 0.2) is 83.9 Å². The number of urea groups is 1. The molecule has 29 heteroatoms. The fourth-order valence-electron chi connectivity index (χ4n) is 9.11. The number of anilines is 1. The molecule has 4 rings (SSSR count). The number of benzene rings is 3. The van der Waals surface area contributed by atoms with Crippen LogP contribution in [0, 0.1) is 0 Å². The van der Waals surface area contributed by atoms with E-state index in [1.54, 1.807) is 38.7 Å². The summed E-state index contributed by atoms with van der Waals surface area (Å²) in [5.74, 6) is -6.47. The molecule has 13 N–H and O–H groups in total. The van der Waals surface area contributed by atoms with E-state index in [2.05, 4.69) is 47.5 Å². The average Bonchev–Trinajstić information content (AvgIpc) is 2.39. The third kappa shape index (κ3) is 31.1. The Labute approximate surface area is 526 Å². The Hall–Kier alpha value is -7.57. The van der Waals surface area contributed by atoms with Crippen molar-refractivity contribution in [1.82, 2.24) is 56.8 Å². The van der Waals surface area contributed by atoms with E-state index in [9.17, 15) is 63.6 Å². The van der Waals surface area contributed by atoms with Crippen LogP contribution in [0.3, 0.4) is 0 Å². The molecule has 87 heavy (non-hydrogen) atoms. The van der Waals surface area contributed by atoms with E-state index in [4.69, 9.17) is 11.5 Å². The Morgan fingerprint density at radius 2 is 1.09 bits per heavy atom. The number of carbonyl (C=O) groups is 9. The molecule has 1 aliphatic rings. The van der Waals surface area contributed by atoms with Crippen molar-refractivity contribution in [2.24, 2.45) is 16.5 Å². The van der Waals surface area contributed by atoms with Crippen LogP contribution in [-0.4, -0.2) is 240 Å². The first kappa shape index (κ1) is 73.7. The number of phenolic OH excluding ortho intramolecular Hbond substituents is 1. The van der Waals surface area contributed by atoms with Gasteiger partial charge in [0.2, 0.25) is 29.5 Å². The summed E-state index contributed by atoms with van der Waals surface area (Å²) in [6, 6.07) is 20.4. The number of hydrogen-bond acceptors (Lipinski definition) is 20. The maximum absolute atomic E-state index is 14.4. The van der Waals surface area contributed by atoms with E-state index in [-0.39, 0.29) is 147 Å². The van der Waals surface area contributed by atoms with Crippen molar-refractivity contribution < 1.29 is 63.6 Å². The second-order valence-electron chi connectivity index (χ2n) is 20.6. The van der Waals surface area contributed by atoms with Crippen molar-refractivity contribution in [3.8, 4) is 5.75 Å². The zero-order chi connectivity index (χ0) is 62.6. The number of nitrogens with two attached hydrogens (primary N) is 2. The molecule has 1 unspecified atom stereocenters. The topological polar surface area (TPSA) is 417 Å². The zero-order valence-corrected chi connectivity index (χ0v) is 52.7. The van der Waals surface area contributed by atoms with Crippen LogP contribution in [0.1, 0.15) is 74.5 Å². The standard InChI is InChI=1S/C58H87N15O13.In/c1-2-48(75)63-26-27-66-58(86)69-57(60)65-23-8-13-47(55(84)67-36-41-14-20-45(74)21-15-41)68-56(85)53(42-10-4-3-5-11-42)43-16-18-44(19-17-43)61-24-9-25-64-54(83)46(59)12-6-7-22-62-49(76)37-70-28-30-71(38-50(77)78)32-34-73(40-52(81)82)35-33-72(31-29-70)39-51(79)80;/h3-5,10-11,14-21,46-47,53,61,74H,2,6-9,12-13,22-40,59H2,1H3,(H,62,76)(H,63,75)(H,64,83)(H,67,84)(H,68,85)(H,77,78)(H,79,80)(H,81,82)(H4,60,65,66,69,86);/q;+3/p-3/t46-,47-,53?;/m1./s1. The van der Waals surface area contributed by atoms with Gasteiger partial charge in [0.25, 0.3) is 0 Å². The van der Waals surface area contributed by atoms with E-state index in [0.717, 1.165) is 11.3 Å². The van der Waals surface area contributed by atoms with Gasteiger partial charge in [-0.1, -0.05) is 61.5 Å². The fourth-order valence-corrected chi connectivity index (χ4v) is 9.11. The summed E-state index contributed by atoms with van der Waals surface area (Å²) in [4.78, 5) is 123. The summed E-state index contributed by atoms with van der Waals surface area (Å²) >= 11 is 0. The van der Waals surface area contributed by atoms with Crippen LogP contribution in [0.25, 0.3) is 0 Å². The van der Waals surface area contributed by atoms with Gasteiger partial charge in [0.15, 0.2) is 5.96 Å². The van der Waals surface area contributed by atoms with Crippen molar-refractivity contribution in [3.05, 3.63) is 95.6 Å². The number of aliphatic imine (C=N–C) groups is 1. The Kier molecular flexibility index (Phi) is 35.2. The molecule has 1 saturated heterocycles. The van der Waals surface area contributed by atoms with Gasteiger partial charge in [-0.3, -0.25) is 53.9 Å². The molecule has 0 bridgehead atoms. The quantitative estimate of drug-likeness (QED) is 0.0151. The van der Waals surface area contributed by atoms with E-state index in [1.165, 1.54) is 12.1 Å². The number of aliphatic carboxylic acids is 3. The number of carboxylic acid groups (broad SMARTS) is 3. The van der Waals surface area contributed by atoms with Gasteiger partial charge in [0, 0.05) is 130 Å². The molecule has 3 atom stereocenters. The molecule has 0 saturated carbocycles. The normalized spacial score (nSPS) is 14.9. The Bertz CT molecular complexity index is 2630. The summed E-state index contributed by atoms with van der Waals surface area (Å²) in [5, 5.41) is 66.6. The largest absolute Gasteiger partial charge is 3.00 e. The summed E-state index contributed by atoms with van der Waals surface area (Å²) in [6.45, 7) is 3.97. The van der Waals surface area contributed by atoms with Crippen molar-refractivity contribution >= 4 is 91.0 Å². The van der Waals surface area contributed by atoms with Crippen LogP contribution in [0.4, 0.5) is 10.5 Å². The molecule has 7 amide bonds. The zero-order valence-electron chi connectivity index (χ0n) is 49.4. The van der Waals surface area contributed by atoms with Gasteiger partial charge in [0.1, 0.15) is 11.8 Å². The van der Waals surface area contributed by atoms with Gasteiger partial charge in [0.05, 0.1) is 36.4 Å². The molecule has 0 aliphatic carbocycles. The first-order chi connectivity index (χ1) is 41.3. The fraction of sp³-hybridized carbons (Fsp3) is 0.517. The van der Waals surface area contributed by atoms with Crippen molar-refractivity contribution in [2.75, 3.05) is 123 Å². The van der Waals surface area contributed by atoms with E-state index in [0.29, 0.717) is 69.3 Å². The number of nitrogens with one attached hydrogen (secondary N) is 8. The monoisotopic (exact) mass is 1310 g/mol. The molecule has 472 valence electrons. The number of hydrogen-bond donors (Lipinski definition) is 11. The van der Waals surface area contributed by atoms with Crippen molar-refractivity contribution in [3.63, 3.8) is 0 Å².